The van der Waals surface area contributed by atoms with Crippen molar-refractivity contribution in [1.82, 2.24) is 0 Å². The van der Waals surface area contributed by atoms with Gasteiger partial charge in [-0.05, 0) is 19.3 Å². The zero-order valence-corrected chi connectivity index (χ0v) is 10.1. The molecule has 0 aliphatic carbocycles. The minimum Gasteiger partial charge on any atom is -0.300 e. The van der Waals surface area contributed by atoms with Gasteiger partial charge in [0.15, 0.2) is 0 Å². The van der Waals surface area contributed by atoms with Crippen LogP contribution in [0.1, 0.15) is 72.1 Å². The molecule has 0 aliphatic heterocycles. The van der Waals surface area contributed by atoms with Gasteiger partial charge in [-0.1, -0.05) is 52.4 Å². The van der Waals surface area contributed by atoms with Gasteiger partial charge in [0.25, 0.3) is 0 Å². The molecule has 1 nitrogen and oxygen atoms in total. The molecule has 1 unspecified atom stereocenters. The molecule has 1 heteroatoms. The van der Waals surface area contributed by atoms with Crippen LogP contribution in [0.25, 0.3) is 0 Å². The van der Waals surface area contributed by atoms with E-state index in [1.807, 2.05) is 0 Å². The van der Waals surface area contributed by atoms with Gasteiger partial charge in [0.05, 0.1) is 0 Å². The first kappa shape index (κ1) is 13.7. The molecule has 0 aromatic rings. The largest absolute Gasteiger partial charge is 0.300 e. The van der Waals surface area contributed by atoms with E-state index in [0.717, 1.165) is 18.8 Å². The molecule has 14 heavy (non-hydrogen) atoms. The van der Waals surface area contributed by atoms with Crippen LogP contribution in [0.5, 0.6) is 0 Å². The second-order valence-electron chi connectivity index (χ2n) is 4.55. The maximum atomic E-state index is 10.8. The van der Waals surface area contributed by atoms with Gasteiger partial charge in [-0.25, -0.2) is 0 Å². The first-order valence-electron chi connectivity index (χ1n) is 6.16. The lowest BCUT2D eigenvalue weighted by atomic mass is 9.97. The molecule has 0 radical (unpaired) electrons. The van der Waals surface area contributed by atoms with Crippen LogP contribution in [0.3, 0.4) is 0 Å². The van der Waals surface area contributed by atoms with Crippen LogP contribution in [0, 0.1) is 5.92 Å². The third kappa shape index (κ3) is 9.76. The van der Waals surface area contributed by atoms with Crippen molar-refractivity contribution in [2.75, 3.05) is 0 Å². The lowest BCUT2D eigenvalue weighted by Gasteiger charge is -2.09. The summed E-state index contributed by atoms with van der Waals surface area (Å²) in [4.78, 5) is 10.8. The Balaban J connectivity index is 3.18. The Kier molecular flexibility index (Phi) is 9.02. The highest BCUT2D eigenvalue weighted by molar-refractivity contribution is 5.75. The van der Waals surface area contributed by atoms with Gasteiger partial charge >= 0.3 is 0 Å². The number of carbonyl (C=O) groups excluding carboxylic acids is 1. The molecular formula is C13H26O. The summed E-state index contributed by atoms with van der Waals surface area (Å²) in [5.41, 5.74) is 0. The van der Waals surface area contributed by atoms with Crippen LogP contribution < -0.4 is 0 Å². The standard InChI is InChI=1S/C13H26O/c1-4-5-6-7-8-9-12(2)10-11-13(3)14/h12H,4-11H2,1-3H3. The average Bonchev–Trinajstić information content (AvgIpc) is 2.14. The lowest BCUT2D eigenvalue weighted by molar-refractivity contribution is -0.117. The number of ketones is 1. The molecule has 0 saturated heterocycles. The summed E-state index contributed by atoms with van der Waals surface area (Å²) in [7, 11) is 0. The van der Waals surface area contributed by atoms with Crippen molar-refractivity contribution >= 4 is 5.78 Å². The quantitative estimate of drug-likeness (QED) is 0.503. The fourth-order valence-electron chi connectivity index (χ4n) is 1.69. The number of Topliss-reactive ketones (excluding diaryl/α,β-unsaturated/α-hetero) is 1. The smallest absolute Gasteiger partial charge is 0.129 e. The minimum atomic E-state index is 0.336. The minimum absolute atomic E-state index is 0.336. The number of carbonyl (C=O) groups is 1. The van der Waals surface area contributed by atoms with E-state index in [-0.39, 0.29) is 0 Å². The molecule has 0 aliphatic rings. The van der Waals surface area contributed by atoms with E-state index in [4.69, 9.17) is 0 Å². The predicted molar refractivity (Wildman–Crippen MR) is 62.5 cm³/mol. The highest BCUT2D eigenvalue weighted by Crippen LogP contribution is 2.15. The van der Waals surface area contributed by atoms with E-state index in [0.29, 0.717) is 5.78 Å². The topological polar surface area (TPSA) is 17.1 Å². The summed E-state index contributed by atoms with van der Waals surface area (Å²) in [5.74, 6) is 1.07. The molecule has 0 amide bonds. The van der Waals surface area contributed by atoms with Crippen molar-refractivity contribution in [2.45, 2.75) is 72.1 Å². The van der Waals surface area contributed by atoms with Gasteiger partial charge in [0.1, 0.15) is 5.78 Å². The summed E-state index contributed by atoms with van der Waals surface area (Å²) in [6, 6.07) is 0. The molecular weight excluding hydrogens is 172 g/mol. The maximum Gasteiger partial charge on any atom is 0.129 e. The van der Waals surface area contributed by atoms with Gasteiger partial charge in [-0.2, -0.15) is 0 Å². The van der Waals surface area contributed by atoms with Crippen LogP contribution in [0.15, 0.2) is 0 Å². The van der Waals surface area contributed by atoms with Gasteiger partial charge in [0, 0.05) is 6.42 Å². The van der Waals surface area contributed by atoms with Crippen LogP contribution >= 0.6 is 0 Å². The first-order chi connectivity index (χ1) is 6.66. The molecule has 1 atom stereocenters. The van der Waals surface area contributed by atoms with E-state index < -0.39 is 0 Å². The van der Waals surface area contributed by atoms with Crippen LogP contribution in [-0.4, -0.2) is 5.78 Å². The molecule has 0 spiro atoms. The zero-order valence-electron chi connectivity index (χ0n) is 10.1. The van der Waals surface area contributed by atoms with Crippen molar-refractivity contribution in [3.8, 4) is 0 Å². The molecule has 0 fully saturated rings. The molecule has 0 N–H and O–H groups in total. The average molecular weight is 198 g/mol. The molecule has 0 heterocycles. The van der Waals surface area contributed by atoms with Crippen LogP contribution in [0.4, 0.5) is 0 Å². The van der Waals surface area contributed by atoms with Crippen molar-refractivity contribution in [1.29, 1.82) is 0 Å². The van der Waals surface area contributed by atoms with E-state index in [1.54, 1.807) is 6.92 Å². The summed E-state index contributed by atoms with van der Waals surface area (Å²) in [5, 5.41) is 0. The monoisotopic (exact) mass is 198 g/mol. The van der Waals surface area contributed by atoms with Crippen molar-refractivity contribution in [3.63, 3.8) is 0 Å². The molecule has 0 rings (SSSR count). The third-order valence-electron chi connectivity index (χ3n) is 2.79. The number of unbranched alkanes of at least 4 members (excludes halogenated alkanes) is 4. The zero-order chi connectivity index (χ0) is 10.8. The molecule has 0 saturated carbocycles. The van der Waals surface area contributed by atoms with E-state index in [2.05, 4.69) is 13.8 Å². The van der Waals surface area contributed by atoms with Crippen molar-refractivity contribution < 1.29 is 4.79 Å². The predicted octanol–water partition coefficient (Wildman–Crippen LogP) is 4.35. The SMILES string of the molecule is CCCCCCCC(C)CCC(C)=O. The van der Waals surface area contributed by atoms with Gasteiger partial charge in [0.2, 0.25) is 0 Å². The normalized spacial score (nSPS) is 12.8. The fourth-order valence-corrected chi connectivity index (χ4v) is 1.69. The molecule has 0 aromatic heterocycles. The Morgan fingerprint density at radius 3 is 2.29 bits per heavy atom. The van der Waals surface area contributed by atoms with Crippen LogP contribution in [-0.2, 0) is 4.79 Å². The van der Waals surface area contributed by atoms with Crippen molar-refractivity contribution in [2.24, 2.45) is 5.92 Å². The highest BCUT2D eigenvalue weighted by Gasteiger charge is 2.03. The molecule has 0 bridgehead atoms. The van der Waals surface area contributed by atoms with Gasteiger partial charge in [-0.15, -0.1) is 0 Å². The first-order valence-corrected chi connectivity index (χ1v) is 6.16. The van der Waals surface area contributed by atoms with E-state index in [1.165, 1.54) is 38.5 Å². The summed E-state index contributed by atoms with van der Waals surface area (Å²) in [6.45, 7) is 6.20. The van der Waals surface area contributed by atoms with Crippen molar-refractivity contribution in [3.05, 3.63) is 0 Å². The second kappa shape index (κ2) is 9.23. The van der Waals surface area contributed by atoms with E-state index in [9.17, 15) is 4.79 Å². The Morgan fingerprint density at radius 1 is 1.07 bits per heavy atom. The highest BCUT2D eigenvalue weighted by atomic mass is 16.1. The number of hydrogen-bond acceptors (Lipinski definition) is 1. The molecule has 84 valence electrons. The van der Waals surface area contributed by atoms with Gasteiger partial charge < -0.3 is 4.79 Å². The summed E-state index contributed by atoms with van der Waals surface area (Å²) in [6.07, 6.45) is 9.96. The Hall–Kier alpha value is -0.330. The Labute approximate surface area is 89.3 Å². The third-order valence-corrected chi connectivity index (χ3v) is 2.79. The number of rotatable bonds is 9. The second-order valence-corrected chi connectivity index (χ2v) is 4.55. The fraction of sp³-hybridized carbons (Fsp3) is 0.923. The maximum absolute atomic E-state index is 10.8. The molecule has 0 aromatic carbocycles. The number of hydrogen-bond donors (Lipinski definition) is 0. The van der Waals surface area contributed by atoms with E-state index >= 15 is 0 Å². The van der Waals surface area contributed by atoms with Crippen LogP contribution in [0.2, 0.25) is 0 Å². The Bertz CT molecular complexity index is 140. The summed E-state index contributed by atoms with van der Waals surface area (Å²) < 4.78 is 0. The lowest BCUT2D eigenvalue weighted by Crippen LogP contribution is -1.99. The Morgan fingerprint density at radius 2 is 1.71 bits per heavy atom. The summed E-state index contributed by atoms with van der Waals surface area (Å²) >= 11 is 0. The van der Waals surface area contributed by atoms with Gasteiger partial charge in [-0.3, -0.25) is 0 Å².